The van der Waals surface area contributed by atoms with Gasteiger partial charge < -0.3 is 16.8 Å². The molecular weight excluding hydrogens is 249 g/mol. The molecular formula is C10H11ClFN3O2. The summed E-state index contributed by atoms with van der Waals surface area (Å²) >= 11 is 5.70. The van der Waals surface area contributed by atoms with Crippen molar-refractivity contribution in [1.82, 2.24) is 0 Å². The van der Waals surface area contributed by atoms with Gasteiger partial charge in [0, 0.05) is 0 Å². The molecule has 7 heteroatoms. The van der Waals surface area contributed by atoms with Crippen LogP contribution in [0.15, 0.2) is 18.2 Å². The predicted molar refractivity (Wildman–Crippen MR) is 61.8 cm³/mol. The van der Waals surface area contributed by atoms with Gasteiger partial charge in [0.05, 0.1) is 23.2 Å². The van der Waals surface area contributed by atoms with E-state index in [2.05, 4.69) is 5.32 Å². The van der Waals surface area contributed by atoms with Crippen molar-refractivity contribution in [3.63, 3.8) is 0 Å². The van der Waals surface area contributed by atoms with Crippen LogP contribution in [0.25, 0.3) is 0 Å². The molecule has 0 radical (unpaired) electrons. The monoisotopic (exact) mass is 259 g/mol. The molecule has 0 aliphatic rings. The number of hydrogen-bond donors (Lipinski definition) is 3. The Bertz CT molecular complexity index is 453. The fourth-order valence-electron chi connectivity index (χ4n) is 1.13. The van der Waals surface area contributed by atoms with E-state index in [4.69, 9.17) is 23.1 Å². The topological polar surface area (TPSA) is 98.2 Å². The average molecular weight is 260 g/mol. The number of amides is 2. The Kier molecular flexibility index (Phi) is 4.42. The first kappa shape index (κ1) is 13.4. The summed E-state index contributed by atoms with van der Waals surface area (Å²) in [6, 6.07) is 2.43. The molecule has 1 aromatic carbocycles. The Balaban J connectivity index is 2.71. The Morgan fingerprint density at radius 2 is 2.12 bits per heavy atom. The van der Waals surface area contributed by atoms with Crippen molar-refractivity contribution in [2.45, 2.75) is 12.5 Å². The molecule has 0 saturated carbocycles. The highest BCUT2D eigenvalue weighted by atomic mass is 35.5. The van der Waals surface area contributed by atoms with E-state index in [1.165, 1.54) is 6.07 Å². The summed E-state index contributed by atoms with van der Waals surface area (Å²) < 4.78 is 12.7. The number of nitrogens with one attached hydrogen (secondary N) is 1. The van der Waals surface area contributed by atoms with E-state index in [0.29, 0.717) is 0 Å². The number of carbonyl (C=O) groups excluding carboxylic acids is 2. The molecule has 0 fully saturated rings. The van der Waals surface area contributed by atoms with Crippen LogP contribution in [0.2, 0.25) is 5.02 Å². The molecule has 2 amide bonds. The van der Waals surface area contributed by atoms with Crippen LogP contribution in [-0.4, -0.2) is 17.9 Å². The third kappa shape index (κ3) is 4.01. The number of benzene rings is 1. The summed E-state index contributed by atoms with van der Waals surface area (Å²) in [5.41, 5.74) is 10.5. The summed E-state index contributed by atoms with van der Waals surface area (Å²) in [4.78, 5) is 22.1. The number of primary amides is 1. The lowest BCUT2D eigenvalue weighted by Gasteiger charge is -2.11. The maximum Gasteiger partial charge on any atom is 0.241 e. The maximum absolute atomic E-state index is 12.7. The molecule has 5 N–H and O–H groups in total. The third-order valence-corrected chi connectivity index (χ3v) is 2.26. The largest absolute Gasteiger partial charge is 0.370 e. The molecule has 0 saturated heterocycles. The zero-order valence-electron chi connectivity index (χ0n) is 8.74. The SMILES string of the molecule is NC(=O)CC(N)C(=O)Nc1ccc(F)cc1Cl. The highest BCUT2D eigenvalue weighted by Gasteiger charge is 2.17. The first-order valence-electron chi connectivity index (χ1n) is 4.70. The molecule has 0 bridgehead atoms. The molecule has 5 nitrogen and oxygen atoms in total. The van der Waals surface area contributed by atoms with Crippen LogP contribution in [0.5, 0.6) is 0 Å². The summed E-state index contributed by atoms with van der Waals surface area (Å²) in [5, 5.41) is 2.42. The molecule has 0 spiro atoms. The van der Waals surface area contributed by atoms with Gasteiger partial charge in [-0.3, -0.25) is 9.59 Å². The summed E-state index contributed by atoms with van der Waals surface area (Å²) in [6.07, 6.45) is -0.273. The normalized spacial score (nSPS) is 11.9. The summed E-state index contributed by atoms with van der Waals surface area (Å²) in [6.45, 7) is 0. The quantitative estimate of drug-likeness (QED) is 0.739. The molecule has 0 aromatic heterocycles. The lowest BCUT2D eigenvalue weighted by atomic mass is 10.2. The minimum Gasteiger partial charge on any atom is -0.370 e. The van der Waals surface area contributed by atoms with Crippen molar-refractivity contribution >= 4 is 29.1 Å². The minimum absolute atomic E-state index is 0.0459. The second kappa shape index (κ2) is 5.60. The first-order chi connectivity index (χ1) is 7.90. The molecule has 1 rings (SSSR count). The van der Waals surface area contributed by atoms with Gasteiger partial charge in [-0.2, -0.15) is 0 Å². The van der Waals surface area contributed by atoms with E-state index in [1.54, 1.807) is 0 Å². The van der Waals surface area contributed by atoms with E-state index in [-0.39, 0.29) is 17.1 Å². The number of hydrogen-bond acceptors (Lipinski definition) is 3. The third-order valence-electron chi connectivity index (χ3n) is 1.95. The van der Waals surface area contributed by atoms with Gasteiger partial charge in [-0.05, 0) is 18.2 Å². The van der Waals surface area contributed by atoms with Gasteiger partial charge in [0.2, 0.25) is 11.8 Å². The Hall–Kier alpha value is -1.66. The molecule has 17 heavy (non-hydrogen) atoms. The molecule has 0 aliphatic heterocycles. The Morgan fingerprint density at radius 1 is 1.47 bits per heavy atom. The van der Waals surface area contributed by atoms with Gasteiger partial charge in [-0.15, -0.1) is 0 Å². The Labute approximate surface area is 102 Å². The second-order valence-corrected chi connectivity index (χ2v) is 3.80. The van der Waals surface area contributed by atoms with Crippen LogP contribution >= 0.6 is 11.6 Å². The maximum atomic E-state index is 12.7. The van der Waals surface area contributed by atoms with Gasteiger partial charge >= 0.3 is 0 Å². The zero-order valence-corrected chi connectivity index (χ0v) is 9.50. The molecule has 0 heterocycles. The highest BCUT2D eigenvalue weighted by Crippen LogP contribution is 2.22. The number of nitrogens with two attached hydrogens (primary N) is 2. The molecule has 1 atom stereocenters. The average Bonchev–Trinajstić information content (AvgIpc) is 2.21. The predicted octanol–water partition coefficient (Wildman–Crippen LogP) is 0.620. The Morgan fingerprint density at radius 3 is 2.65 bits per heavy atom. The van der Waals surface area contributed by atoms with Crippen LogP contribution in [0.1, 0.15) is 6.42 Å². The van der Waals surface area contributed by atoms with Crippen LogP contribution < -0.4 is 16.8 Å². The van der Waals surface area contributed by atoms with Gasteiger partial charge in [-0.25, -0.2) is 4.39 Å². The van der Waals surface area contributed by atoms with Gasteiger partial charge in [0.1, 0.15) is 5.82 Å². The lowest BCUT2D eigenvalue weighted by Crippen LogP contribution is -2.39. The van der Waals surface area contributed by atoms with E-state index >= 15 is 0 Å². The fourth-order valence-corrected chi connectivity index (χ4v) is 1.34. The lowest BCUT2D eigenvalue weighted by molar-refractivity contribution is -0.123. The standard InChI is InChI=1S/C10H11ClFN3O2/c11-6-3-5(12)1-2-8(6)15-10(17)7(13)4-9(14)16/h1-3,7H,4,13H2,(H2,14,16)(H,15,17). The fraction of sp³-hybridized carbons (Fsp3) is 0.200. The molecule has 0 aliphatic carbocycles. The van der Waals surface area contributed by atoms with Crippen LogP contribution in [0.3, 0.4) is 0 Å². The molecule has 92 valence electrons. The van der Waals surface area contributed by atoms with Gasteiger partial charge in [0.15, 0.2) is 0 Å². The zero-order chi connectivity index (χ0) is 13.0. The van der Waals surface area contributed by atoms with E-state index in [9.17, 15) is 14.0 Å². The summed E-state index contributed by atoms with van der Waals surface area (Å²) in [7, 11) is 0. The van der Waals surface area contributed by atoms with Crippen molar-refractivity contribution in [2.24, 2.45) is 11.5 Å². The van der Waals surface area contributed by atoms with E-state index < -0.39 is 23.7 Å². The van der Waals surface area contributed by atoms with Crippen LogP contribution in [0.4, 0.5) is 10.1 Å². The van der Waals surface area contributed by atoms with Crippen LogP contribution in [-0.2, 0) is 9.59 Å². The van der Waals surface area contributed by atoms with Crippen molar-refractivity contribution in [3.8, 4) is 0 Å². The number of carbonyl (C=O) groups is 2. The molecule has 1 unspecified atom stereocenters. The van der Waals surface area contributed by atoms with Crippen LogP contribution in [0, 0.1) is 5.82 Å². The molecule has 1 aromatic rings. The second-order valence-electron chi connectivity index (χ2n) is 3.39. The number of halogens is 2. The van der Waals surface area contributed by atoms with Gasteiger partial charge in [0.25, 0.3) is 0 Å². The van der Waals surface area contributed by atoms with E-state index in [0.717, 1.165) is 12.1 Å². The van der Waals surface area contributed by atoms with Crippen molar-refractivity contribution in [2.75, 3.05) is 5.32 Å². The highest BCUT2D eigenvalue weighted by molar-refractivity contribution is 6.33. The number of rotatable bonds is 4. The number of anilines is 1. The summed E-state index contributed by atoms with van der Waals surface area (Å²) in [5.74, 6) is -1.82. The van der Waals surface area contributed by atoms with Gasteiger partial charge in [-0.1, -0.05) is 11.6 Å². The van der Waals surface area contributed by atoms with Crippen molar-refractivity contribution in [3.05, 3.63) is 29.0 Å². The smallest absolute Gasteiger partial charge is 0.241 e. The van der Waals surface area contributed by atoms with Crippen molar-refractivity contribution in [1.29, 1.82) is 0 Å². The minimum atomic E-state index is -1.06. The first-order valence-corrected chi connectivity index (χ1v) is 5.07. The van der Waals surface area contributed by atoms with E-state index in [1.807, 2.05) is 0 Å². The van der Waals surface area contributed by atoms with Crippen molar-refractivity contribution < 1.29 is 14.0 Å².